The standard InChI is InChI=1S/C13H14Cl2OS/c1-13(5-2-6-17-13)12(16)8-9-7-10(14)3-4-11(9)15/h3-4,7H,2,5-6,8H2,1H3. The van der Waals surface area contributed by atoms with Gasteiger partial charge in [0.25, 0.3) is 0 Å². The van der Waals surface area contributed by atoms with Crippen molar-refractivity contribution in [3.05, 3.63) is 33.8 Å². The second kappa shape index (κ2) is 5.21. The molecule has 1 nitrogen and oxygen atoms in total. The van der Waals surface area contributed by atoms with Crippen molar-refractivity contribution in [1.29, 1.82) is 0 Å². The van der Waals surface area contributed by atoms with Crippen LogP contribution in [0.25, 0.3) is 0 Å². The zero-order valence-electron chi connectivity index (χ0n) is 9.63. The summed E-state index contributed by atoms with van der Waals surface area (Å²) in [7, 11) is 0. The summed E-state index contributed by atoms with van der Waals surface area (Å²) in [5, 5.41) is 1.25. The number of halogens is 2. The lowest BCUT2D eigenvalue weighted by Gasteiger charge is -2.21. The van der Waals surface area contributed by atoms with Crippen molar-refractivity contribution in [3.8, 4) is 0 Å². The van der Waals surface area contributed by atoms with Crippen LogP contribution in [0.3, 0.4) is 0 Å². The molecule has 4 heteroatoms. The van der Waals surface area contributed by atoms with Gasteiger partial charge in [0.15, 0.2) is 5.78 Å². The van der Waals surface area contributed by atoms with Crippen LogP contribution >= 0.6 is 35.0 Å². The topological polar surface area (TPSA) is 17.1 Å². The predicted octanol–water partition coefficient (Wildman–Crippen LogP) is 4.39. The van der Waals surface area contributed by atoms with Crippen molar-refractivity contribution in [2.24, 2.45) is 0 Å². The summed E-state index contributed by atoms with van der Waals surface area (Å²) < 4.78 is -0.231. The van der Waals surface area contributed by atoms with Crippen LogP contribution in [-0.4, -0.2) is 16.3 Å². The molecule has 1 aliphatic rings. The zero-order chi connectivity index (χ0) is 12.5. The fraction of sp³-hybridized carbons (Fsp3) is 0.462. The van der Waals surface area contributed by atoms with Gasteiger partial charge in [-0.05, 0) is 49.3 Å². The molecule has 0 radical (unpaired) electrons. The molecule has 0 spiro atoms. The number of carbonyl (C=O) groups excluding carboxylic acids is 1. The molecule has 0 bridgehead atoms. The van der Waals surface area contributed by atoms with Gasteiger partial charge in [-0.25, -0.2) is 0 Å². The SMILES string of the molecule is CC1(C(=O)Cc2cc(Cl)ccc2Cl)CCCS1. The van der Waals surface area contributed by atoms with Gasteiger partial charge in [-0.2, -0.15) is 0 Å². The van der Waals surface area contributed by atoms with Gasteiger partial charge in [0.2, 0.25) is 0 Å². The molecule has 0 amide bonds. The highest BCUT2D eigenvalue weighted by Gasteiger charge is 2.36. The molecule has 1 atom stereocenters. The first-order valence-corrected chi connectivity index (χ1v) is 7.37. The van der Waals surface area contributed by atoms with Crippen molar-refractivity contribution in [1.82, 2.24) is 0 Å². The number of benzene rings is 1. The molecule has 1 aliphatic heterocycles. The largest absolute Gasteiger partial charge is 0.298 e. The number of thioether (sulfide) groups is 1. The summed E-state index contributed by atoms with van der Waals surface area (Å²) in [6.45, 7) is 2.03. The van der Waals surface area contributed by atoms with Gasteiger partial charge in [0.1, 0.15) is 0 Å². The zero-order valence-corrected chi connectivity index (χ0v) is 12.0. The van der Waals surface area contributed by atoms with Crippen LogP contribution in [0.2, 0.25) is 10.0 Å². The minimum atomic E-state index is -0.231. The molecule has 1 unspecified atom stereocenters. The van der Waals surface area contributed by atoms with E-state index in [0.29, 0.717) is 16.5 Å². The Morgan fingerprint density at radius 1 is 1.47 bits per heavy atom. The summed E-state index contributed by atoms with van der Waals surface area (Å²) in [5.41, 5.74) is 0.831. The molecule has 1 aromatic rings. The fourth-order valence-electron chi connectivity index (χ4n) is 2.04. The van der Waals surface area contributed by atoms with E-state index in [2.05, 4.69) is 0 Å². The molecule has 92 valence electrons. The molecule has 1 aromatic carbocycles. The number of hydrogen-bond acceptors (Lipinski definition) is 2. The first-order chi connectivity index (χ1) is 8.01. The van der Waals surface area contributed by atoms with E-state index in [9.17, 15) is 4.79 Å². The summed E-state index contributed by atoms with van der Waals surface area (Å²) in [6, 6.07) is 5.27. The highest BCUT2D eigenvalue weighted by molar-refractivity contribution is 8.01. The lowest BCUT2D eigenvalue weighted by Crippen LogP contribution is -2.30. The minimum Gasteiger partial charge on any atom is -0.298 e. The monoisotopic (exact) mass is 288 g/mol. The van der Waals surface area contributed by atoms with Gasteiger partial charge in [-0.1, -0.05) is 23.2 Å². The average Bonchev–Trinajstić information content (AvgIpc) is 2.72. The van der Waals surface area contributed by atoms with E-state index in [4.69, 9.17) is 23.2 Å². The molecule has 0 N–H and O–H groups in total. The highest BCUT2D eigenvalue weighted by atomic mass is 35.5. The summed E-state index contributed by atoms with van der Waals surface area (Å²) in [4.78, 5) is 12.3. The minimum absolute atomic E-state index is 0.231. The van der Waals surface area contributed by atoms with Crippen LogP contribution in [0.4, 0.5) is 0 Å². The molecule has 1 heterocycles. The number of hydrogen-bond donors (Lipinski definition) is 0. The van der Waals surface area contributed by atoms with Crippen molar-refractivity contribution in [3.63, 3.8) is 0 Å². The Morgan fingerprint density at radius 2 is 2.24 bits per heavy atom. The van der Waals surface area contributed by atoms with Crippen LogP contribution in [0, 0.1) is 0 Å². The first-order valence-electron chi connectivity index (χ1n) is 5.62. The van der Waals surface area contributed by atoms with Crippen molar-refractivity contribution >= 4 is 40.7 Å². The van der Waals surface area contributed by atoms with Crippen molar-refractivity contribution < 1.29 is 4.79 Å². The molecule has 0 aromatic heterocycles. The first kappa shape index (κ1) is 13.3. The second-order valence-electron chi connectivity index (χ2n) is 4.52. The van der Waals surface area contributed by atoms with Crippen LogP contribution in [0.5, 0.6) is 0 Å². The molecule has 0 aliphatic carbocycles. The Bertz CT molecular complexity index is 439. The Balaban J connectivity index is 2.15. The van der Waals surface area contributed by atoms with Crippen LogP contribution in [0.15, 0.2) is 18.2 Å². The molecule has 2 rings (SSSR count). The van der Waals surface area contributed by atoms with Gasteiger partial charge in [-0.15, -0.1) is 11.8 Å². The number of carbonyl (C=O) groups is 1. The lowest BCUT2D eigenvalue weighted by atomic mass is 9.95. The fourth-order valence-corrected chi connectivity index (χ4v) is 3.68. The normalized spacial score (nSPS) is 23.9. The van der Waals surface area contributed by atoms with E-state index in [1.54, 1.807) is 30.0 Å². The van der Waals surface area contributed by atoms with Gasteiger partial charge >= 0.3 is 0 Å². The molecule has 17 heavy (non-hydrogen) atoms. The Hall–Kier alpha value is -0.180. The lowest BCUT2D eigenvalue weighted by molar-refractivity contribution is -0.120. The highest BCUT2D eigenvalue weighted by Crippen LogP contribution is 2.39. The molecular formula is C13H14Cl2OS. The Labute approximate surface area is 116 Å². The predicted molar refractivity (Wildman–Crippen MR) is 75.3 cm³/mol. The quantitative estimate of drug-likeness (QED) is 0.821. The summed E-state index contributed by atoms with van der Waals surface area (Å²) >= 11 is 13.8. The van der Waals surface area contributed by atoms with E-state index in [0.717, 1.165) is 24.2 Å². The van der Waals surface area contributed by atoms with Gasteiger partial charge in [-0.3, -0.25) is 4.79 Å². The van der Waals surface area contributed by atoms with Crippen LogP contribution in [-0.2, 0) is 11.2 Å². The van der Waals surface area contributed by atoms with Crippen molar-refractivity contribution in [2.75, 3.05) is 5.75 Å². The molecule has 1 saturated heterocycles. The third kappa shape index (κ3) is 2.98. The maximum absolute atomic E-state index is 12.3. The molecule has 0 saturated carbocycles. The third-order valence-electron chi connectivity index (χ3n) is 3.17. The van der Waals surface area contributed by atoms with Gasteiger partial charge < -0.3 is 0 Å². The van der Waals surface area contributed by atoms with E-state index < -0.39 is 0 Å². The van der Waals surface area contributed by atoms with E-state index >= 15 is 0 Å². The summed E-state index contributed by atoms with van der Waals surface area (Å²) in [6.07, 6.45) is 2.47. The maximum Gasteiger partial charge on any atom is 0.153 e. The number of Topliss-reactive ketones (excluding diaryl/α,β-unsaturated/α-hetero) is 1. The van der Waals surface area contributed by atoms with Crippen LogP contribution < -0.4 is 0 Å². The molecule has 1 fully saturated rings. The van der Waals surface area contributed by atoms with Crippen molar-refractivity contribution in [2.45, 2.75) is 30.9 Å². The maximum atomic E-state index is 12.3. The van der Waals surface area contributed by atoms with Crippen LogP contribution in [0.1, 0.15) is 25.3 Å². The number of rotatable bonds is 3. The second-order valence-corrected chi connectivity index (χ2v) is 6.96. The third-order valence-corrected chi connectivity index (χ3v) is 5.33. The van der Waals surface area contributed by atoms with Gasteiger partial charge in [0.05, 0.1) is 4.75 Å². The Kier molecular flexibility index (Phi) is 4.06. The summed E-state index contributed by atoms with van der Waals surface area (Å²) in [5.74, 6) is 1.33. The van der Waals surface area contributed by atoms with E-state index in [1.165, 1.54) is 0 Å². The van der Waals surface area contributed by atoms with E-state index in [-0.39, 0.29) is 10.5 Å². The van der Waals surface area contributed by atoms with Gasteiger partial charge in [0, 0.05) is 16.5 Å². The van der Waals surface area contributed by atoms with E-state index in [1.807, 2.05) is 6.92 Å². The average molecular weight is 289 g/mol. The number of ketones is 1. The Morgan fingerprint density at radius 3 is 2.88 bits per heavy atom. The smallest absolute Gasteiger partial charge is 0.153 e. The molecular weight excluding hydrogens is 275 g/mol.